The van der Waals surface area contributed by atoms with Gasteiger partial charge >= 0.3 is 0 Å². The van der Waals surface area contributed by atoms with Gasteiger partial charge in [-0.05, 0) is 29.2 Å². The average Bonchev–Trinajstić information content (AvgIpc) is 2.65. The molecular weight excluding hydrogens is 227 g/mol. The molecule has 2 heteroatoms. The van der Waals surface area contributed by atoms with Gasteiger partial charge in [-0.25, -0.2) is 4.39 Å². The van der Waals surface area contributed by atoms with Gasteiger partial charge in [0.25, 0.3) is 0 Å². The van der Waals surface area contributed by atoms with Gasteiger partial charge in [0.15, 0.2) is 0 Å². The first-order chi connectivity index (χ1) is 8.70. The molecule has 1 unspecified atom stereocenters. The molecule has 18 heavy (non-hydrogen) atoms. The Bertz CT molecular complexity index is 629. The molecular formula is C16H13FO. The maximum absolute atomic E-state index is 14.3. The van der Waals surface area contributed by atoms with Gasteiger partial charge in [0.05, 0.1) is 0 Å². The summed E-state index contributed by atoms with van der Waals surface area (Å²) in [5.41, 5.74) is 3.80. The SMILES string of the molecule is Cc1cccc2c1C(c1ccccc1)=C(F)C2O. The number of aryl methyl sites for hydroxylation is 1. The van der Waals surface area contributed by atoms with E-state index in [2.05, 4.69) is 0 Å². The number of halogens is 1. The highest BCUT2D eigenvalue weighted by atomic mass is 19.1. The molecule has 0 bridgehead atoms. The summed E-state index contributed by atoms with van der Waals surface area (Å²) in [6.07, 6.45) is -1.13. The lowest BCUT2D eigenvalue weighted by molar-refractivity contribution is 0.191. The normalized spacial score (nSPS) is 18.1. The minimum atomic E-state index is -1.13. The molecule has 1 nitrogen and oxygen atoms in total. The maximum atomic E-state index is 14.3. The van der Waals surface area contributed by atoms with Crippen LogP contribution in [0.3, 0.4) is 0 Å². The molecule has 0 amide bonds. The van der Waals surface area contributed by atoms with Crippen molar-refractivity contribution < 1.29 is 9.50 Å². The fourth-order valence-corrected chi connectivity index (χ4v) is 2.54. The quantitative estimate of drug-likeness (QED) is 0.804. The van der Waals surface area contributed by atoms with Crippen LogP contribution in [0.1, 0.15) is 28.4 Å². The van der Waals surface area contributed by atoms with Crippen molar-refractivity contribution in [1.29, 1.82) is 0 Å². The monoisotopic (exact) mass is 240 g/mol. The van der Waals surface area contributed by atoms with Crippen molar-refractivity contribution in [2.24, 2.45) is 0 Å². The molecule has 3 rings (SSSR count). The molecule has 0 fully saturated rings. The van der Waals surface area contributed by atoms with Crippen molar-refractivity contribution in [3.63, 3.8) is 0 Å². The summed E-state index contributed by atoms with van der Waals surface area (Å²) in [4.78, 5) is 0. The molecule has 1 N–H and O–H groups in total. The van der Waals surface area contributed by atoms with Crippen LogP contribution in [0.4, 0.5) is 4.39 Å². The lowest BCUT2D eigenvalue weighted by atomic mass is 9.95. The van der Waals surface area contributed by atoms with Crippen molar-refractivity contribution in [1.82, 2.24) is 0 Å². The van der Waals surface area contributed by atoms with Crippen LogP contribution in [0.25, 0.3) is 5.57 Å². The molecule has 1 atom stereocenters. The third-order valence-corrected chi connectivity index (χ3v) is 3.39. The van der Waals surface area contributed by atoms with Crippen molar-refractivity contribution in [3.8, 4) is 0 Å². The van der Waals surface area contributed by atoms with Gasteiger partial charge in [-0.2, -0.15) is 0 Å². The Labute approximate surface area is 105 Å². The fraction of sp³-hybridized carbons (Fsp3) is 0.125. The lowest BCUT2D eigenvalue weighted by Gasteiger charge is -2.09. The second-order valence-electron chi connectivity index (χ2n) is 4.53. The third-order valence-electron chi connectivity index (χ3n) is 3.39. The highest BCUT2D eigenvalue weighted by molar-refractivity contribution is 5.88. The third kappa shape index (κ3) is 1.50. The summed E-state index contributed by atoms with van der Waals surface area (Å²) in [6.45, 7) is 1.94. The number of hydrogen-bond donors (Lipinski definition) is 1. The topological polar surface area (TPSA) is 20.2 Å². The molecule has 0 aromatic heterocycles. The van der Waals surface area contributed by atoms with Crippen molar-refractivity contribution in [2.75, 3.05) is 0 Å². The lowest BCUT2D eigenvalue weighted by Crippen LogP contribution is -1.94. The van der Waals surface area contributed by atoms with E-state index in [9.17, 15) is 9.50 Å². The van der Waals surface area contributed by atoms with Crippen LogP contribution in [0.2, 0.25) is 0 Å². The minimum Gasteiger partial charge on any atom is -0.381 e. The zero-order chi connectivity index (χ0) is 12.7. The van der Waals surface area contributed by atoms with E-state index in [4.69, 9.17) is 0 Å². The molecule has 0 spiro atoms. The highest BCUT2D eigenvalue weighted by Crippen LogP contribution is 2.45. The number of rotatable bonds is 1. The van der Waals surface area contributed by atoms with Crippen LogP contribution in [-0.2, 0) is 0 Å². The van der Waals surface area contributed by atoms with Gasteiger partial charge in [0, 0.05) is 5.57 Å². The van der Waals surface area contributed by atoms with E-state index in [1.807, 2.05) is 49.4 Å². The minimum absolute atomic E-state index is 0.453. The molecule has 0 saturated heterocycles. The van der Waals surface area contributed by atoms with E-state index in [0.29, 0.717) is 11.1 Å². The Kier molecular flexibility index (Phi) is 2.53. The molecule has 0 heterocycles. The number of hydrogen-bond acceptors (Lipinski definition) is 1. The molecule has 0 saturated carbocycles. The second-order valence-corrected chi connectivity index (χ2v) is 4.53. The Morgan fingerprint density at radius 2 is 1.72 bits per heavy atom. The van der Waals surface area contributed by atoms with Gasteiger partial charge in [-0.1, -0.05) is 48.5 Å². The van der Waals surface area contributed by atoms with Crippen LogP contribution in [0, 0.1) is 6.92 Å². The smallest absolute Gasteiger partial charge is 0.141 e. The predicted molar refractivity (Wildman–Crippen MR) is 69.7 cm³/mol. The van der Waals surface area contributed by atoms with E-state index in [-0.39, 0.29) is 0 Å². The van der Waals surface area contributed by atoms with Gasteiger partial charge in [-0.15, -0.1) is 0 Å². The Morgan fingerprint density at radius 1 is 1.00 bits per heavy atom. The first-order valence-corrected chi connectivity index (χ1v) is 5.93. The van der Waals surface area contributed by atoms with Crippen molar-refractivity contribution in [3.05, 3.63) is 76.6 Å². The van der Waals surface area contributed by atoms with Gasteiger partial charge in [0.1, 0.15) is 11.9 Å². The number of aliphatic hydroxyl groups excluding tert-OH is 1. The molecule has 2 aromatic carbocycles. The zero-order valence-electron chi connectivity index (χ0n) is 10.0. The van der Waals surface area contributed by atoms with Gasteiger partial charge < -0.3 is 5.11 Å². The van der Waals surface area contributed by atoms with Crippen molar-refractivity contribution in [2.45, 2.75) is 13.0 Å². The van der Waals surface area contributed by atoms with E-state index >= 15 is 0 Å². The fourth-order valence-electron chi connectivity index (χ4n) is 2.54. The van der Waals surface area contributed by atoms with Crippen LogP contribution in [-0.4, -0.2) is 5.11 Å². The Balaban J connectivity index is 2.28. The summed E-state index contributed by atoms with van der Waals surface area (Å²) >= 11 is 0. The average molecular weight is 240 g/mol. The summed E-state index contributed by atoms with van der Waals surface area (Å²) < 4.78 is 14.3. The Hall–Kier alpha value is -1.93. The van der Waals surface area contributed by atoms with E-state index in [1.165, 1.54) is 0 Å². The zero-order valence-corrected chi connectivity index (χ0v) is 10.0. The van der Waals surface area contributed by atoms with Crippen LogP contribution in [0.5, 0.6) is 0 Å². The predicted octanol–water partition coefficient (Wildman–Crippen LogP) is 3.77. The highest BCUT2D eigenvalue weighted by Gasteiger charge is 2.31. The number of fused-ring (bicyclic) bond motifs is 1. The number of benzene rings is 2. The number of aliphatic hydroxyl groups is 1. The summed E-state index contributed by atoms with van der Waals surface area (Å²) in [5, 5.41) is 9.97. The molecule has 0 aliphatic heterocycles. The van der Waals surface area contributed by atoms with E-state index < -0.39 is 11.9 Å². The standard InChI is InChI=1S/C16H13FO/c1-10-6-5-9-12-13(10)14(15(17)16(12)18)11-7-3-2-4-8-11/h2-9,16,18H,1H3. The maximum Gasteiger partial charge on any atom is 0.141 e. The molecule has 2 aromatic rings. The largest absolute Gasteiger partial charge is 0.381 e. The molecule has 1 aliphatic carbocycles. The summed E-state index contributed by atoms with van der Waals surface area (Å²) in [7, 11) is 0. The Morgan fingerprint density at radius 3 is 2.44 bits per heavy atom. The summed E-state index contributed by atoms with van der Waals surface area (Å²) in [5.74, 6) is -0.453. The molecule has 90 valence electrons. The van der Waals surface area contributed by atoms with Gasteiger partial charge in [0.2, 0.25) is 0 Å². The first-order valence-electron chi connectivity index (χ1n) is 5.93. The van der Waals surface area contributed by atoms with E-state index in [1.54, 1.807) is 6.07 Å². The first kappa shape index (κ1) is 11.2. The van der Waals surface area contributed by atoms with Crippen LogP contribution >= 0.6 is 0 Å². The molecule has 0 radical (unpaired) electrons. The van der Waals surface area contributed by atoms with Crippen LogP contribution < -0.4 is 0 Å². The van der Waals surface area contributed by atoms with Crippen LogP contribution in [0.15, 0.2) is 54.4 Å². The van der Waals surface area contributed by atoms with Crippen molar-refractivity contribution >= 4 is 5.57 Å². The second kappa shape index (κ2) is 4.07. The molecule has 1 aliphatic rings. The van der Waals surface area contributed by atoms with E-state index in [0.717, 1.165) is 16.7 Å². The van der Waals surface area contributed by atoms with Gasteiger partial charge in [-0.3, -0.25) is 0 Å². The summed E-state index contributed by atoms with van der Waals surface area (Å²) in [6, 6.07) is 14.9.